The van der Waals surface area contributed by atoms with Gasteiger partial charge in [-0.15, -0.1) is 11.3 Å². The predicted octanol–water partition coefficient (Wildman–Crippen LogP) is 7.13. The molecule has 0 aliphatic carbocycles. The molecule has 0 saturated heterocycles. The zero-order valence-corrected chi connectivity index (χ0v) is 27.6. The summed E-state index contributed by atoms with van der Waals surface area (Å²) >= 11 is 1.38. The molecule has 13 heteroatoms. The summed E-state index contributed by atoms with van der Waals surface area (Å²) in [5.74, 6) is -7.21. The van der Waals surface area contributed by atoms with Gasteiger partial charge >= 0.3 is 0 Å². The Bertz CT molecular complexity index is 2720. The third kappa shape index (κ3) is 4.39. The highest BCUT2D eigenvalue weighted by Crippen LogP contribution is 2.59. The second-order valence-corrected chi connectivity index (χ2v) is 13.5. The molecule has 0 amide bonds. The molecule has 0 spiro atoms. The van der Waals surface area contributed by atoms with Gasteiger partial charge < -0.3 is 50.7 Å². The fourth-order valence-electron chi connectivity index (χ4n) is 7.07. The topological polar surface area (TPSA) is 203 Å². The van der Waals surface area contributed by atoms with E-state index in [4.69, 9.17) is 4.99 Å². The average molecular weight is 713 g/mol. The van der Waals surface area contributed by atoms with E-state index in [1.54, 1.807) is 12.1 Å². The summed E-state index contributed by atoms with van der Waals surface area (Å²) in [5.41, 5.74) is 2.57. The lowest BCUT2D eigenvalue weighted by atomic mass is 10.0. The van der Waals surface area contributed by atoms with Crippen molar-refractivity contribution in [2.75, 3.05) is 0 Å². The summed E-state index contributed by atoms with van der Waals surface area (Å²) < 4.78 is 2.76. The molecular formula is C39H28N4O8S. The number of phenolic OH excluding ortho intramolecular Hbond substituents is 8. The summed E-state index contributed by atoms with van der Waals surface area (Å²) in [6, 6.07) is 31.2. The number of aliphatic imine (C=N–C) groups is 1. The Balaban J connectivity index is 1.27. The standard InChI is InChI=1S/C39H28N4O8S/c44-28-24-25-27(31(47)35(51)33(49)29(25)45)43(26(24)30(46)34(50)32(28)48)22-13-7-12-20-21-16-19(14-15-23(21)52-36(20)22)39-41-37(17-8-3-1-4-9-17)40-38(42-39)18-10-5-2-6-11-18/h1-16,37-38,40,44-51H,(H,41,42). The van der Waals surface area contributed by atoms with Crippen LogP contribution in [0.25, 0.3) is 47.7 Å². The summed E-state index contributed by atoms with van der Waals surface area (Å²) in [7, 11) is 0. The third-order valence-corrected chi connectivity index (χ3v) is 10.8. The molecule has 0 radical (unpaired) electrons. The van der Waals surface area contributed by atoms with Gasteiger partial charge in [-0.3, -0.25) is 5.32 Å². The van der Waals surface area contributed by atoms with Crippen LogP contribution in [0.5, 0.6) is 46.0 Å². The molecule has 2 atom stereocenters. The second-order valence-electron chi connectivity index (χ2n) is 12.5. The number of aromatic nitrogens is 1. The Hall–Kier alpha value is -6.83. The predicted molar refractivity (Wildman–Crippen MR) is 198 cm³/mol. The highest BCUT2D eigenvalue weighted by atomic mass is 32.1. The first-order valence-electron chi connectivity index (χ1n) is 16.1. The number of fused-ring (bicyclic) bond motifs is 6. The minimum absolute atomic E-state index is 0.240. The zero-order valence-electron chi connectivity index (χ0n) is 26.8. The molecule has 8 aromatic rings. The molecule has 258 valence electrons. The smallest absolute Gasteiger partial charge is 0.206 e. The Kier molecular flexibility index (Phi) is 6.80. The molecule has 10 N–H and O–H groups in total. The van der Waals surface area contributed by atoms with Crippen LogP contribution >= 0.6 is 11.3 Å². The van der Waals surface area contributed by atoms with Crippen molar-refractivity contribution in [1.82, 2.24) is 15.2 Å². The average Bonchev–Trinajstić information content (AvgIpc) is 3.75. The lowest BCUT2D eigenvalue weighted by Crippen LogP contribution is -2.44. The van der Waals surface area contributed by atoms with Crippen LogP contribution in [0.15, 0.2) is 102 Å². The minimum Gasteiger partial charge on any atom is -0.504 e. The van der Waals surface area contributed by atoms with Gasteiger partial charge in [-0.2, -0.15) is 0 Å². The molecule has 1 aliphatic heterocycles. The number of thiophene rings is 1. The number of benzene rings is 6. The van der Waals surface area contributed by atoms with Crippen molar-refractivity contribution in [2.45, 2.75) is 12.3 Å². The molecule has 52 heavy (non-hydrogen) atoms. The van der Waals surface area contributed by atoms with Gasteiger partial charge in [0.2, 0.25) is 23.0 Å². The highest BCUT2D eigenvalue weighted by Gasteiger charge is 2.33. The number of phenols is 8. The first-order chi connectivity index (χ1) is 25.1. The van der Waals surface area contributed by atoms with Gasteiger partial charge in [0, 0.05) is 21.0 Å². The first-order valence-corrected chi connectivity index (χ1v) is 16.9. The summed E-state index contributed by atoms with van der Waals surface area (Å²) in [6.07, 6.45) is -0.574. The number of nitrogens with zero attached hydrogens (tertiary/aromatic N) is 2. The van der Waals surface area contributed by atoms with Gasteiger partial charge in [-0.1, -0.05) is 72.8 Å². The molecule has 2 unspecified atom stereocenters. The first kappa shape index (κ1) is 31.2. The number of nitrogens with one attached hydrogen (secondary N) is 2. The molecule has 1 aliphatic rings. The van der Waals surface area contributed by atoms with Crippen LogP contribution in [0.4, 0.5) is 0 Å². The number of amidine groups is 1. The van der Waals surface area contributed by atoms with Crippen LogP contribution in [0.2, 0.25) is 0 Å². The van der Waals surface area contributed by atoms with E-state index in [9.17, 15) is 40.9 Å². The van der Waals surface area contributed by atoms with E-state index >= 15 is 0 Å². The van der Waals surface area contributed by atoms with Gasteiger partial charge in [0.25, 0.3) is 0 Å². The molecule has 12 nitrogen and oxygen atoms in total. The zero-order chi connectivity index (χ0) is 36.0. The van der Waals surface area contributed by atoms with Crippen molar-refractivity contribution in [1.29, 1.82) is 0 Å². The molecule has 3 heterocycles. The van der Waals surface area contributed by atoms with Crippen molar-refractivity contribution >= 4 is 59.2 Å². The maximum absolute atomic E-state index is 11.2. The van der Waals surface area contributed by atoms with Crippen LogP contribution in [0, 0.1) is 0 Å². The number of hydrogen-bond acceptors (Lipinski definition) is 12. The van der Waals surface area contributed by atoms with E-state index in [2.05, 4.69) is 10.6 Å². The monoisotopic (exact) mass is 712 g/mol. The van der Waals surface area contributed by atoms with Crippen molar-refractivity contribution in [3.05, 3.63) is 114 Å². The van der Waals surface area contributed by atoms with Gasteiger partial charge in [0.15, 0.2) is 23.0 Å². The number of aromatic hydroxyl groups is 8. The molecule has 2 aromatic heterocycles. The maximum atomic E-state index is 11.2. The maximum Gasteiger partial charge on any atom is 0.206 e. The van der Waals surface area contributed by atoms with Gasteiger partial charge in [-0.05, 0) is 35.4 Å². The van der Waals surface area contributed by atoms with Gasteiger partial charge in [-0.25, -0.2) is 4.99 Å². The molecule has 6 aromatic carbocycles. The van der Waals surface area contributed by atoms with E-state index in [-0.39, 0.29) is 34.1 Å². The fourth-order valence-corrected chi connectivity index (χ4v) is 8.26. The lowest BCUT2D eigenvalue weighted by Gasteiger charge is -2.32. The van der Waals surface area contributed by atoms with Crippen LogP contribution < -0.4 is 10.6 Å². The Morgan fingerprint density at radius 2 is 1.13 bits per heavy atom. The Morgan fingerprint density at radius 1 is 0.558 bits per heavy atom. The van der Waals surface area contributed by atoms with Crippen molar-refractivity contribution in [3.63, 3.8) is 0 Å². The van der Waals surface area contributed by atoms with Crippen molar-refractivity contribution < 1.29 is 40.9 Å². The lowest BCUT2D eigenvalue weighted by molar-refractivity contribution is 0.350. The number of rotatable bonds is 4. The second kappa shape index (κ2) is 11.3. The molecule has 0 bridgehead atoms. The molecule has 0 saturated carbocycles. The van der Waals surface area contributed by atoms with E-state index in [0.717, 1.165) is 32.2 Å². The molecule has 9 rings (SSSR count). The van der Waals surface area contributed by atoms with E-state index < -0.39 is 46.0 Å². The van der Waals surface area contributed by atoms with Crippen LogP contribution in [-0.2, 0) is 0 Å². The van der Waals surface area contributed by atoms with Crippen molar-refractivity contribution in [2.24, 2.45) is 4.99 Å². The summed E-state index contributed by atoms with van der Waals surface area (Å²) in [5, 5.41) is 94.3. The van der Waals surface area contributed by atoms with E-state index in [1.807, 2.05) is 84.9 Å². The third-order valence-electron chi connectivity index (χ3n) is 9.54. The molecule has 0 fully saturated rings. The van der Waals surface area contributed by atoms with Crippen molar-refractivity contribution in [3.8, 4) is 51.7 Å². The largest absolute Gasteiger partial charge is 0.504 e. The highest BCUT2D eigenvalue weighted by molar-refractivity contribution is 7.26. The summed E-state index contributed by atoms with van der Waals surface area (Å²) in [4.78, 5) is 5.06. The minimum atomic E-state index is -1.08. The van der Waals surface area contributed by atoms with Gasteiger partial charge in [0.05, 0.1) is 21.2 Å². The number of hydrogen-bond donors (Lipinski definition) is 10. The van der Waals surface area contributed by atoms with Gasteiger partial charge in [0.1, 0.15) is 29.2 Å². The van der Waals surface area contributed by atoms with Crippen LogP contribution in [-0.4, -0.2) is 51.3 Å². The van der Waals surface area contributed by atoms with E-state index in [1.165, 1.54) is 15.9 Å². The summed E-state index contributed by atoms with van der Waals surface area (Å²) in [6.45, 7) is 0. The fraction of sp³-hybridized carbons (Fsp3) is 0.0513. The quantitative estimate of drug-likeness (QED) is 0.0660. The van der Waals surface area contributed by atoms with Crippen LogP contribution in [0.3, 0.4) is 0 Å². The Labute approximate surface area is 297 Å². The normalized spacial score (nSPS) is 16.1. The molecular weight excluding hydrogens is 685 g/mol. The van der Waals surface area contributed by atoms with E-state index in [0.29, 0.717) is 16.2 Å². The Morgan fingerprint density at radius 3 is 1.75 bits per heavy atom. The SMILES string of the molecule is Oc1c(O)c(O)c2c(c1O)c1c(O)c(O)c(O)c(O)c1n2-c1cccc2c1sc1ccc(C3=NC(c4ccccc4)NC(c4ccccc4)N3)cc12. The van der Waals surface area contributed by atoms with Crippen LogP contribution in [0.1, 0.15) is 29.0 Å².